The van der Waals surface area contributed by atoms with Crippen molar-refractivity contribution in [2.24, 2.45) is 0 Å². The van der Waals surface area contributed by atoms with E-state index in [2.05, 4.69) is 11.1 Å². The van der Waals surface area contributed by atoms with Crippen molar-refractivity contribution in [3.8, 4) is 17.2 Å². The Hall–Kier alpha value is -1.27. The summed E-state index contributed by atoms with van der Waals surface area (Å²) in [5, 5.41) is 10.0. The molecule has 0 aliphatic carbocycles. The highest BCUT2D eigenvalue weighted by Gasteiger charge is 2.13. The molecule has 0 N–H and O–H groups in total. The Labute approximate surface area is 120 Å². The molecule has 0 bridgehead atoms. The highest BCUT2D eigenvalue weighted by atomic mass is 35.5. The number of rotatable bonds is 2. The van der Waals surface area contributed by atoms with E-state index in [9.17, 15) is 0 Å². The van der Waals surface area contributed by atoms with E-state index in [-0.39, 0.29) is 6.42 Å². The van der Waals surface area contributed by atoms with Crippen molar-refractivity contribution in [1.29, 1.82) is 5.26 Å². The molecule has 0 spiro atoms. The van der Waals surface area contributed by atoms with Crippen molar-refractivity contribution >= 4 is 34.8 Å². The number of benzene rings is 1. The van der Waals surface area contributed by atoms with Gasteiger partial charge in [-0.15, -0.1) is 0 Å². The van der Waals surface area contributed by atoms with E-state index in [1.807, 2.05) is 0 Å². The number of halogens is 3. The van der Waals surface area contributed by atoms with Gasteiger partial charge in [0, 0.05) is 17.3 Å². The van der Waals surface area contributed by atoms with Gasteiger partial charge in [-0.25, -0.2) is 4.98 Å². The second-order valence-electron chi connectivity index (χ2n) is 3.61. The van der Waals surface area contributed by atoms with Crippen LogP contribution in [0.25, 0.3) is 11.1 Å². The number of aromatic nitrogens is 1. The molecule has 0 fully saturated rings. The van der Waals surface area contributed by atoms with Crippen LogP contribution in [0.4, 0.5) is 0 Å². The van der Waals surface area contributed by atoms with Crippen molar-refractivity contribution in [2.45, 2.75) is 6.42 Å². The van der Waals surface area contributed by atoms with Crippen LogP contribution >= 0.6 is 34.8 Å². The minimum Gasteiger partial charge on any atom is -0.244 e. The maximum atomic E-state index is 8.70. The summed E-state index contributed by atoms with van der Waals surface area (Å²) in [6.07, 6.45) is 1.83. The molecule has 2 nitrogen and oxygen atoms in total. The molecule has 0 atom stereocenters. The van der Waals surface area contributed by atoms with E-state index in [4.69, 9.17) is 40.1 Å². The molecule has 0 amide bonds. The van der Waals surface area contributed by atoms with Crippen LogP contribution in [0, 0.1) is 11.3 Å². The normalized spacial score (nSPS) is 10.1. The maximum absolute atomic E-state index is 8.70. The standard InChI is InChI=1S/C13H7Cl3N2/c14-10-2-1-3-11(15)12(10)9-6-8(4-5-17)7-18-13(9)16/h1-3,6-7H,4H2. The van der Waals surface area contributed by atoms with Gasteiger partial charge in [0.25, 0.3) is 0 Å². The molecule has 1 heterocycles. The van der Waals surface area contributed by atoms with Crippen LogP contribution in [0.15, 0.2) is 30.5 Å². The van der Waals surface area contributed by atoms with Gasteiger partial charge < -0.3 is 0 Å². The first-order chi connectivity index (χ1) is 8.63. The van der Waals surface area contributed by atoms with Gasteiger partial charge in [-0.3, -0.25) is 0 Å². The van der Waals surface area contributed by atoms with Crippen molar-refractivity contribution in [3.05, 3.63) is 51.2 Å². The SMILES string of the molecule is N#CCc1cnc(Cl)c(-c2c(Cl)cccc2Cl)c1. The van der Waals surface area contributed by atoms with Crippen LogP contribution < -0.4 is 0 Å². The minimum absolute atomic E-state index is 0.263. The van der Waals surface area contributed by atoms with E-state index in [0.29, 0.717) is 26.3 Å². The van der Waals surface area contributed by atoms with Gasteiger partial charge in [0.2, 0.25) is 0 Å². The fourth-order valence-corrected chi connectivity index (χ4v) is 2.41. The largest absolute Gasteiger partial charge is 0.244 e. The Kier molecular flexibility index (Phi) is 4.08. The van der Waals surface area contributed by atoms with Crippen molar-refractivity contribution < 1.29 is 0 Å². The third-order valence-electron chi connectivity index (χ3n) is 2.41. The molecule has 1 aromatic carbocycles. The molecule has 5 heteroatoms. The van der Waals surface area contributed by atoms with Crippen molar-refractivity contribution in [3.63, 3.8) is 0 Å². The number of nitrogens with zero attached hydrogens (tertiary/aromatic N) is 2. The van der Waals surface area contributed by atoms with Gasteiger partial charge in [0.15, 0.2) is 0 Å². The lowest BCUT2D eigenvalue weighted by atomic mass is 10.0. The summed E-state index contributed by atoms with van der Waals surface area (Å²) in [4.78, 5) is 4.05. The van der Waals surface area contributed by atoms with Crippen LogP contribution in [-0.4, -0.2) is 4.98 Å². The summed E-state index contributed by atoms with van der Waals surface area (Å²) < 4.78 is 0. The molecule has 0 radical (unpaired) electrons. The topological polar surface area (TPSA) is 36.7 Å². The highest BCUT2D eigenvalue weighted by molar-refractivity contribution is 6.40. The average molecular weight is 298 g/mol. The molecule has 18 heavy (non-hydrogen) atoms. The van der Waals surface area contributed by atoms with Crippen molar-refractivity contribution in [2.75, 3.05) is 0 Å². The quantitative estimate of drug-likeness (QED) is 0.748. The van der Waals surface area contributed by atoms with Crippen LogP contribution in [-0.2, 0) is 6.42 Å². The fourth-order valence-electron chi connectivity index (χ4n) is 1.61. The number of pyridine rings is 1. The molecule has 1 aromatic heterocycles. The zero-order valence-electron chi connectivity index (χ0n) is 9.12. The maximum Gasteiger partial charge on any atom is 0.136 e. The zero-order chi connectivity index (χ0) is 13.1. The molecule has 0 aliphatic rings. The van der Waals surface area contributed by atoms with Gasteiger partial charge >= 0.3 is 0 Å². The fraction of sp³-hybridized carbons (Fsp3) is 0.0769. The van der Waals surface area contributed by atoms with E-state index in [0.717, 1.165) is 5.56 Å². The molecule has 0 saturated carbocycles. The highest BCUT2D eigenvalue weighted by Crippen LogP contribution is 2.37. The molecule has 0 aliphatic heterocycles. The molecule has 90 valence electrons. The first-order valence-corrected chi connectivity index (χ1v) is 6.22. The van der Waals surface area contributed by atoms with Gasteiger partial charge in [-0.2, -0.15) is 5.26 Å². The van der Waals surface area contributed by atoms with E-state index >= 15 is 0 Å². The van der Waals surface area contributed by atoms with Gasteiger partial charge in [-0.05, 0) is 23.8 Å². The Morgan fingerprint density at radius 3 is 2.44 bits per heavy atom. The predicted molar refractivity (Wildman–Crippen MR) is 74.0 cm³/mol. The number of hydrogen-bond acceptors (Lipinski definition) is 2. The summed E-state index contributed by atoms with van der Waals surface area (Å²) >= 11 is 18.3. The Morgan fingerprint density at radius 1 is 1.17 bits per heavy atom. The summed E-state index contributed by atoms with van der Waals surface area (Å²) in [5.74, 6) is 0. The zero-order valence-corrected chi connectivity index (χ0v) is 11.4. The smallest absolute Gasteiger partial charge is 0.136 e. The molecular formula is C13H7Cl3N2. The Morgan fingerprint density at radius 2 is 1.83 bits per heavy atom. The Bertz CT molecular complexity index is 612. The summed E-state index contributed by atoms with van der Waals surface area (Å²) in [7, 11) is 0. The Balaban J connectivity index is 2.63. The van der Waals surface area contributed by atoms with E-state index in [1.54, 1.807) is 30.5 Å². The van der Waals surface area contributed by atoms with Gasteiger partial charge in [0.1, 0.15) is 5.15 Å². The van der Waals surface area contributed by atoms with Crippen LogP contribution in [0.3, 0.4) is 0 Å². The van der Waals surface area contributed by atoms with Crippen LogP contribution in [0.2, 0.25) is 15.2 Å². The lowest BCUT2D eigenvalue weighted by Crippen LogP contribution is -1.90. The predicted octanol–water partition coefficient (Wildman–Crippen LogP) is 4.77. The van der Waals surface area contributed by atoms with E-state index < -0.39 is 0 Å². The van der Waals surface area contributed by atoms with Crippen molar-refractivity contribution in [1.82, 2.24) is 4.98 Å². The summed E-state index contributed by atoms with van der Waals surface area (Å²) in [5.41, 5.74) is 2.05. The third kappa shape index (κ3) is 2.59. The molecular weight excluding hydrogens is 291 g/mol. The number of nitriles is 1. The van der Waals surface area contributed by atoms with Crippen LogP contribution in [0.5, 0.6) is 0 Å². The second kappa shape index (κ2) is 5.58. The minimum atomic E-state index is 0.263. The second-order valence-corrected chi connectivity index (χ2v) is 4.79. The molecule has 2 aromatic rings. The average Bonchev–Trinajstić information content (AvgIpc) is 2.33. The summed E-state index contributed by atoms with van der Waals surface area (Å²) in [6.45, 7) is 0. The van der Waals surface area contributed by atoms with E-state index in [1.165, 1.54) is 0 Å². The lowest BCUT2D eigenvalue weighted by molar-refractivity contribution is 1.19. The third-order valence-corrected chi connectivity index (χ3v) is 3.34. The first-order valence-electron chi connectivity index (χ1n) is 5.09. The van der Waals surface area contributed by atoms with Gasteiger partial charge in [0.05, 0.1) is 22.5 Å². The lowest BCUT2D eigenvalue weighted by Gasteiger charge is -2.09. The van der Waals surface area contributed by atoms with Gasteiger partial charge in [-0.1, -0.05) is 40.9 Å². The molecule has 0 saturated heterocycles. The molecule has 0 unspecified atom stereocenters. The number of hydrogen-bond donors (Lipinski definition) is 0. The monoisotopic (exact) mass is 296 g/mol. The van der Waals surface area contributed by atoms with Crippen LogP contribution in [0.1, 0.15) is 5.56 Å². The summed E-state index contributed by atoms with van der Waals surface area (Å²) in [6, 6.07) is 9.07. The first kappa shape index (κ1) is 13.2. The molecule has 2 rings (SSSR count).